The number of rotatable bonds is 5. The number of ketones is 1. The van der Waals surface area contributed by atoms with Crippen LogP contribution in [0.1, 0.15) is 35.7 Å². The summed E-state index contributed by atoms with van der Waals surface area (Å²) in [5, 5.41) is 0. The van der Waals surface area contributed by atoms with Crippen LogP contribution >= 0.6 is 0 Å². The van der Waals surface area contributed by atoms with E-state index in [4.69, 9.17) is 0 Å². The highest BCUT2D eigenvalue weighted by Crippen LogP contribution is 2.10. The molecule has 0 saturated heterocycles. The summed E-state index contributed by atoms with van der Waals surface area (Å²) in [4.78, 5) is 11.5. The number of sulfone groups is 1. The minimum Gasteiger partial charge on any atom is -0.294 e. The topological polar surface area (TPSA) is 51.2 Å². The van der Waals surface area contributed by atoms with Crippen molar-refractivity contribution in [2.75, 3.05) is 6.26 Å². The molecule has 0 amide bonds. The van der Waals surface area contributed by atoms with Crippen molar-refractivity contribution in [3.8, 4) is 0 Å². The molecule has 0 aliphatic heterocycles. The predicted molar refractivity (Wildman–Crippen MR) is 64.2 cm³/mol. The predicted octanol–water partition coefficient (Wildman–Crippen LogP) is 2.21. The van der Waals surface area contributed by atoms with Crippen molar-refractivity contribution in [1.82, 2.24) is 0 Å². The van der Waals surface area contributed by atoms with Gasteiger partial charge in [0.1, 0.15) is 0 Å². The van der Waals surface area contributed by atoms with Crippen LogP contribution in [-0.2, 0) is 15.6 Å². The molecular weight excluding hydrogens is 224 g/mol. The van der Waals surface area contributed by atoms with Gasteiger partial charge in [0.15, 0.2) is 15.6 Å². The van der Waals surface area contributed by atoms with Gasteiger partial charge in [-0.05, 0) is 12.0 Å². The largest absolute Gasteiger partial charge is 0.294 e. The highest BCUT2D eigenvalue weighted by molar-refractivity contribution is 7.89. The van der Waals surface area contributed by atoms with E-state index >= 15 is 0 Å². The minimum atomic E-state index is -3.01. The molecule has 1 aromatic rings. The molecule has 1 aromatic carbocycles. The molecule has 1 rings (SSSR count). The fourth-order valence-electron chi connectivity index (χ4n) is 1.46. The van der Waals surface area contributed by atoms with Crippen LogP contribution in [0.25, 0.3) is 0 Å². The Hall–Kier alpha value is -1.16. The monoisotopic (exact) mass is 240 g/mol. The Morgan fingerprint density at radius 3 is 2.19 bits per heavy atom. The SMILES string of the molecule is CCCC(=O)c1ccc(CS(C)(=O)=O)cc1. The Morgan fingerprint density at radius 2 is 1.75 bits per heavy atom. The van der Waals surface area contributed by atoms with E-state index in [1.807, 2.05) is 6.92 Å². The average Bonchev–Trinajstić information content (AvgIpc) is 2.16. The van der Waals surface area contributed by atoms with Gasteiger partial charge in [-0.25, -0.2) is 8.42 Å². The van der Waals surface area contributed by atoms with Crippen molar-refractivity contribution in [1.29, 1.82) is 0 Å². The van der Waals surface area contributed by atoms with Gasteiger partial charge in [-0.15, -0.1) is 0 Å². The Balaban J connectivity index is 2.79. The molecule has 88 valence electrons. The summed E-state index contributed by atoms with van der Waals surface area (Å²) in [7, 11) is -3.01. The lowest BCUT2D eigenvalue weighted by atomic mass is 10.1. The van der Waals surface area contributed by atoms with Gasteiger partial charge >= 0.3 is 0 Å². The van der Waals surface area contributed by atoms with Gasteiger partial charge in [0.05, 0.1) is 5.75 Å². The molecule has 16 heavy (non-hydrogen) atoms. The number of hydrogen-bond acceptors (Lipinski definition) is 3. The molecule has 0 fully saturated rings. The summed E-state index contributed by atoms with van der Waals surface area (Å²) in [6.07, 6.45) is 2.55. The molecule has 0 radical (unpaired) electrons. The van der Waals surface area contributed by atoms with Crippen molar-refractivity contribution in [3.63, 3.8) is 0 Å². The summed E-state index contributed by atoms with van der Waals surface area (Å²) >= 11 is 0. The molecule has 0 aliphatic carbocycles. The normalized spacial score (nSPS) is 11.4. The minimum absolute atomic E-state index is 0.0231. The molecule has 0 bridgehead atoms. The van der Waals surface area contributed by atoms with Crippen LogP contribution in [0.15, 0.2) is 24.3 Å². The molecule has 0 unspecified atom stereocenters. The van der Waals surface area contributed by atoms with Crippen molar-refractivity contribution >= 4 is 15.6 Å². The fourth-order valence-corrected chi connectivity index (χ4v) is 2.26. The van der Waals surface area contributed by atoms with Crippen LogP contribution in [-0.4, -0.2) is 20.5 Å². The lowest BCUT2D eigenvalue weighted by Crippen LogP contribution is -2.02. The lowest BCUT2D eigenvalue weighted by Gasteiger charge is -2.02. The molecular formula is C12H16O3S. The van der Waals surface area contributed by atoms with Crippen LogP contribution < -0.4 is 0 Å². The summed E-state index contributed by atoms with van der Waals surface area (Å²) in [6, 6.07) is 6.78. The molecule has 0 heterocycles. The van der Waals surface area contributed by atoms with E-state index in [2.05, 4.69) is 0 Å². The average molecular weight is 240 g/mol. The van der Waals surface area contributed by atoms with Crippen LogP contribution in [0.4, 0.5) is 0 Å². The molecule has 0 atom stereocenters. The Morgan fingerprint density at radius 1 is 1.19 bits per heavy atom. The van der Waals surface area contributed by atoms with Gasteiger partial charge in [-0.1, -0.05) is 31.2 Å². The van der Waals surface area contributed by atoms with Crippen molar-refractivity contribution in [2.24, 2.45) is 0 Å². The van der Waals surface area contributed by atoms with Gasteiger partial charge in [0.25, 0.3) is 0 Å². The molecule has 0 aromatic heterocycles. The van der Waals surface area contributed by atoms with E-state index in [-0.39, 0.29) is 11.5 Å². The number of carbonyl (C=O) groups excluding carboxylic acids is 1. The number of Topliss-reactive ketones (excluding diaryl/α,β-unsaturated/α-hetero) is 1. The van der Waals surface area contributed by atoms with E-state index < -0.39 is 9.84 Å². The van der Waals surface area contributed by atoms with Gasteiger partial charge < -0.3 is 0 Å². The molecule has 4 heteroatoms. The highest BCUT2D eigenvalue weighted by Gasteiger charge is 2.07. The van der Waals surface area contributed by atoms with Crippen LogP contribution in [0.2, 0.25) is 0 Å². The van der Waals surface area contributed by atoms with E-state index in [9.17, 15) is 13.2 Å². The number of carbonyl (C=O) groups is 1. The first kappa shape index (κ1) is 12.9. The summed E-state index contributed by atoms with van der Waals surface area (Å²) in [6.45, 7) is 1.95. The second-order valence-corrected chi connectivity index (χ2v) is 6.08. The highest BCUT2D eigenvalue weighted by atomic mass is 32.2. The fraction of sp³-hybridized carbons (Fsp3) is 0.417. The van der Waals surface area contributed by atoms with Crippen LogP contribution in [0.3, 0.4) is 0 Å². The first-order valence-electron chi connectivity index (χ1n) is 5.22. The van der Waals surface area contributed by atoms with Crippen molar-refractivity contribution < 1.29 is 13.2 Å². The van der Waals surface area contributed by atoms with Crippen LogP contribution in [0.5, 0.6) is 0 Å². The van der Waals surface area contributed by atoms with Gasteiger partial charge in [-0.2, -0.15) is 0 Å². The molecule has 0 saturated carbocycles. The third-order valence-electron chi connectivity index (χ3n) is 2.18. The lowest BCUT2D eigenvalue weighted by molar-refractivity contribution is 0.0981. The first-order valence-corrected chi connectivity index (χ1v) is 7.28. The standard InChI is InChI=1S/C12H16O3S/c1-3-4-12(13)11-7-5-10(6-8-11)9-16(2,14)15/h5-8H,3-4,9H2,1-2H3. The van der Waals surface area contributed by atoms with E-state index in [1.54, 1.807) is 24.3 Å². The number of benzene rings is 1. The van der Waals surface area contributed by atoms with E-state index in [0.29, 0.717) is 12.0 Å². The molecule has 0 spiro atoms. The maximum absolute atomic E-state index is 11.5. The smallest absolute Gasteiger partial charge is 0.162 e. The Kier molecular flexibility index (Phi) is 4.24. The number of hydrogen-bond donors (Lipinski definition) is 0. The zero-order chi connectivity index (χ0) is 12.2. The Labute approximate surface area is 96.4 Å². The summed E-state index contributed by atoms with van der Waals surface area (Å²) in [5.74, 6) is 0.128. The van der Waals surface area contributed by atoms with E-state index in [1.165, 1.54) is 6.26 Å². The van der Waals surface area contributed by atoms with Crippen molar-refractivity contribution in [2.45, 2.75) is 25.5 Å². The summed E-state index contributed by atoms with van der Waals surface area (Å²) in [5.41, 5.74) is 1.37. The third-order valence-corrected chi connectivity index (χ3v) is 3.04. The van der Waals surface area contributed by atoms with Gasteiger partial charge in [-0.3, -0.25) is 4.79 Å². The van der Waals surface area contributed by atoms with Gasteiger partial charge in [0, 0.05) is 18.2 Å². The molecule has 0 N–H and O–H groups in total. The second-order valence-electron chi connectivity index (χ2n) is 3.94. The van der Waals surface area contributed by atoms with E-state index in [0.717, 1.165) is 12.0 Å². The zero-order valence-corrected chi connectivity index (χ0v) is 10.4. The molecule has 3 nitrogen and oxygen atoms in total. The van der Waals surface area contributed by atoms with Gasteiger partial charge in [0.2, 0.25) is 0 Å². The second kappa shape index (κ2) is 5.25. The maximum Gasteiger partial charge on any atom is 0.162 e. The first-order chi connectivity index (χ1) is 7.42. The maximum atomic E-state index is 11.5. The quantitative estimate of drug-likeness (QED) is 0.741. The summed E-state index contributed by atoms with van der Waals surface area (Å²) < 4.78 is 22.1. The zero-order valence-electron chi connectivity index (χ0n) is 9.56. The van der Waals surface area contributed by atoms with Crippen LogP contribution in [0, 0.1) is 0 Å². The van der Waals surface area contributed by atoms with Crippen molar-refractivity contribution in [3.05, 3.63) is 35.4 Å². The Bertz CT molecular complexity index is 458. The third kappa shape index (κ3) is 4.14. The molecule has 0 aliphatic rings.